The van der Waals surface area contributed by atoms with E-state index in [0.717, 1.165) is 19.1 Å². The van der Waals surface area contributed by atoms with E-state index in [1.54, 1.807) is 7.11 Å². The van der Waals surface area contributed by atoms with Crippen LogP contribution in [0.15, 0.2) is 0 Å². The summed E-state index contributed by atoms with van der Waals surface area (Å²) < 4.78 is 5.33. The molecule has 1 unspecified atom stereocenters. The summed E-state index contributed by atoms with van der Waals surface area (Å²) in [6.45, 7) is 4.20. The Balaban J connectivity index is 3.63. The number of hydrogen-bond acceptors (Lipinski definition) is 2. The first kappa shape index (κ1) is 12.6. The van der Waals surface area contributed by atoms with Crippen LogP contribution in [0.1, 0.15) is 52.4 Å². The van der Waals surface area contributed by atoms with Gasteiger partial charge in [-0.15, -0.1) is 0 Å². The normalized spacial score (nSPS) is 15.3. The average Bonchev–Trinajstić information content (AvgIpc) is 2.13. The quantitative estimate of drug-likeness (QED) is 0.430. The van der Waals surface area contributed by atoms with E-state index >= 15 is 0 Å². The molecule has 0 spiro atoms. The van der Waals surface area contributed by atoms with Crippen molar-refractivity contribution in [3.63, 3.8) is 0 Å². The SMILES string of the molecule is CCCCCCC(C)(CC=O)OC. The van der Waals surface area contributed by atoms with Crippen LogP contribution in [0.5, 0.6) is 0 Å². The van der Waals surface area contributed by atoms with Crippen molar-refractivity contribution in [1.82, 2.24) is 0 Å². The van der Waals surface area contributed by atoms with Gasteiger partial charge in [-0.25, -0.2) is 0 Å². The molecule has 0 saturated carbocycles. The predicted octanol–water partition coefficient (Wildman–Crippen LogP) is 2.95. The molecule has 0 radical (unpaired) electrons. The molecule has 2 heteroatoms. The number of methoxy groups -OCH3 is 1. The number of ether oxygens (including phenoxy) is 1. The number of carbonyl (C=O) groups is 1. The largest absolute Gasteiger partial charge is 0.378 e. The smallest absolute Gasteiger partial charge is 0.122 e. The summed E-state index contributed by atoms with van der Waals surface area (Å²) in [6.07, 6.45) is 7.37. The van der Waals surface area contributed by atoms with Crippen LogP contribution in [-0.4, -0.2) is 19.0 Å². The monoisotopic (exact) mass is 186 g/mol. The van der Waals surface area contributed by atoms with E-state index in [-0.39, 0.29) is 5.60 Å². The fourth-order valence-electron chi connectivity index (χ4n) is 1.39. The van der Waals surface area contributed by atoms with Gasteiger partial charge in [0, 0.05) is 13.5 Å². The first-order valence-corrected chi connectivity index (χ1v) is 5.17. The third-order valence-electron chi connectivity index (χ3n) is 2.57. The molecule has 0 rings (SSSR count). The van der Waals surface area contributed by atoms with Gasteiger partial charge in [-0.05, 0) is 13.3 Å². The van der Waals surface area contributed by atoms with E-state index in [1.165, 1.54) is 19.3 Å². The number of carbonyl (C=O) groups excluding carboxylic acids is 1. The zero-order valence-corrected chi connectivity index (χ0v) is 9.14. The number of aldehydes is 1. The van der Waals surface area contributed by atoms with Crippen molar-refractivity contribution in [2.24, 2.45) is 0 Å². The lowest BCUT2D eigenvalue weighted by Crippen LogP contribution is -2.27. The van der Waals surface area contributed by atoms with Gasteiger partial charge in [-0.1, -0.05) is 32.6 Å². The van der Waals surface area contributed by atoms with E-state index < -0.39 is 0 Å². The molecule has 0 aromatic rings. The Morgan fingerprint density at radius 1 is 1.31 bits per heavy atom. The van der Waals surface area contributed by atoms with E-state index in [9.17, 15) is 4.79 Å². The lowest BCUT2D eigenvalue weighted by atomic mass is 9.95. The van der Waals surface area contributed by atoms with Crippen molar-refractivity contribution in [1.29, 1.82) is 0 Å². The minimum Gasteiger partial charge on any atom is -0.378 e. The highest BCUT2D eigenvalue weighted by molar-refractivity contribution is 5.51. The highest BCUT2D eigenvalue weighted by atomic mass is 16.5. The summed E-state index contributed by atoms with van der Waals surface area (Å²) in [5.41, 5.74) is -0.227. The molecule has 0 aliphatic carbocycles. The topological polar surface area (TPSA) is 26.3 Å². The zero-order valence-electron chi connectivity index (χ0n) is 9.14. The molecule has 0 amide bonds. The fourth-order valence-corrected chi connectivity index (χ4v) is 1.39. The molecule has 13 heavy (non-hydrogen) atoms. The van der Waals surface area contributed by atoms with Crippen molar-refractivity contribution >= 4 is 6.29 Å². The maximum Gasteiger partial charge on any atom is 0.122 e. The third kappa shape index (κ3) is 5.81. The summed E-state index contributed by atoms with van der Waals surface area (Å²) in [6, 6.07) is 0. The van der Waals surface area contributed by atoms with Crippen LogP contribution in [0.25, 0.3) is 0 Å². The van der Waals surface area contributed by atoms with Crippen molar-refractivity contribution in [3.05, 3.63) is 0 Å². The van der Waals surface area contributed by atoms with Crippen LogP contribution in [0.4, 0.5) is 0 Å². The van der Waals surface area contributed by atoms with Gasteiger partial charge in [0.25, 0.3) is 0 Å². The van der Waals surface area contributed by atoms with Gasteiger partial charge < -0.3 is 9.53 Å². The van der Waals surface area contributed by atoms with Gasteiger partial charge in [0.2, 0.25) is 0 Å². The van der Waals surface area contributed by atoms with Crippen LogP contribution < -0.4 is 0 Å². The summed E-state index contributed by atoms with van der Waals surface area (Å²) in [7, 11) is 1.68. The van der Waals surface area contributed by atoms with E-state index in [0.29, 0.717) is 6.42 Å². The van der Waals surface area contributed by atoms with Crippen molar-refractivity contribution < 1.29 is 9.53 Å². The standard InChI is InChI=1S/C11H22O2/c1-4-5-6-7-8-11(2,13-3)9-10-12/h10H,4-9H2,1-3H3. The number of unbranched alkanes of at least 4 members (excludes halogenated alkanes) is 3. The van der Waals surface area contributed by atoms with Gasteiger partial charge in [-0.2, -0.15) is 0 Å². The molecular formula is C11H22O2. The van der Waals surface area contributed by atoms with Gasteiger partial charge >= 0.3 is 0 Å². The van der Waals surface area contributed by atoms with E-state index in [4.69, 9.17) is 4.74 Å². The van der Waals surface area contributed by atoms with Gasteiger partial charge in [0.1, 0.15) is 6.29 Å². The lowest BCUT2D eigenvalue weighted by molar-refractivity contribution is -0.113. The lowest BCUT2D eigenvalue weighted by Gasteiger charge is -2.25. The molecule has 2 nitrogen and oxygen atoms in total. The second-order valence-corrected chi connectivity index (χ2v) is 3.84. The van der Waals surface area contributed by atoms with Gasteiger partial charge in [0.05, 0.1) is 5.60 Å². The summed E-state index contributed by atoms with van der Waals surface area (Å²) in [5, 5.41) is 0. The maximum absolute atomic E-state index is 10.4. The average molecular weight is 186 g/mol. The molecule has 78 valence electrons. The number of hydrogen-bond donors (Lipinski definition) is 0. The van der Waals surface area contributed by atoms with Gasteiger partial charge in [0.15, 0.2) is 0 Å². The minimum absolute atomic E-state index is 0.227. The second-order valence-electron chi connectivity index (χ2n) is 3.84. The Morgan fingerprint density at radius 2 is 2.00 bits per heavy atom. The Morgan fingerprint density at radius 3 is 2.46 bits per heavy atom. The summed E-state index contributed by atoms with van der Waals surface area (Å²) in [4.78, 5) is 10.4. The fraction of sp³-hybridized carbons (Fsp3) is 0.909. The molecular weight excluding hydrogens is 164 g/mol. The summed E-state index contributed by atoms with van der Waals surface area (Å²) >= 11 is 0. The van der Waals surface area contributed by atoms with Crippen molar-refractivity contribution in [3.8, 4) is 0 Å². The highest BCUT2D eigenvalue weighted by Crippen LogP contribution is 2.21. The Hall–Kier alpha value is -0.370. The highest BCUT2D eigenvalue weighted by Gasteiger charge is 2.21. The van der Waals surface area contributed by atoms with Crippen LogP contribution >= 0.6 is 0 Å². The molecule has 0 aromatic carbocycles. The minimum atomic E-state index is -0.227. The van der Waals surface area contributed by atoms with Crippen LogP contribution in [0, 0.1) is 0 Å². The predicted molar refractivity (Wildman–Crippen MR) is 54.9 cm³/mol. The zero-order chi connectivity index (χ0) is 10.2. The van der Waals surface area contributed by atoms with Gasteiger partial charge in [-0.3, -0.25) is 0 Å². The summed E-state index contributed by atoms with van der Waals surface area (Å²) in [5.74, 6) is 0. The Bertz CT molecular complexity index is 134. The van der Waals surface area contributed by atoms with Crippen molar-refractivity contribution in [2.75, 3.05) is 7.11 Å². The Kier molecular flexibility index (Phi) is 6.87. The van der Waals surface area contributed by atoms with Crippen LogP contribution in [0.2, 0.25) is 0 Å². The van der Waals surface area contributed by atoms with Crippen LogP contribution in [-0.2, 0) is 9.53 Å². The first-order valence-electron chi connectivity index (χ1n) is 5.17. The first-order chi connectivity index (χ1) is 6.18. The van der Waals surface area contributed by atoms with E-state index in [1.807, 2.05) is 6.92 Å². The molecule has 0 aliphatic heterocycles. The molecule has 0 aromatic heterocycles. The maximum atomic E-state index is 10.4. The molecule has 0 saturated heterocycles. The molecule has 0 heterocycles. The van der Waals surface area contributed by atoms with Crippen LogP contribution in [0.3, 0.4) is 0 Å². The third-order valence-corrected chi connectivity index (χ3v) is 2.57. The second kappa shape index (κ2) is 7.07. The Labute approximate surface area is 81.7 Å². The molecule has 0 N–H and O–H groups in total. The molecule has 0 bridgehead atoms. The molecule has 0 fully saturated rings. The molecule has 1 atom stereocenters. The number of rotatable bonds is 8. The van der Waals surface area contributed by atoms with E-state index in [2.05, 4.69) is 6.92 Å². The molecule has 0 aliphatic rings. The van der Waals surface area contributed by atoms with Crippen molar-refractivity contribution in [2.45, 2.75) is 58.0 Å².